The van der Waals surface area contributed by atoms with Gasteiger partial charge in [0.25, 0.3) is 0 Å². The van der Waals surface area contributed by atoms with Crippen LogP contribution >= 0.6 is 0 Å². The monoisotopic (exact) mass is 448 g/mol. The van der Waals surface area contributed by atoms with Gasteiger partial charge in [0, 0.05) is 16.8 Å². The van der Waals surface area contributed by atoms with Crippen molar-refractivity contribution in [3.8, 4) is 6.07 Å². The van der Waals surface area contributed by atoms with E-state index in [4.69, 9.17) is 14.9 Å². The fourth-order valence-corrected chi connectivity index (χ4v) is 5.69. The van der Waals surface area contributed by atoms with Gasteiger partial charge in [0.1, 0.15) is 16.7 Å². The van der Waals surface area contributed by atoms with Crippen molar-refractivity contribution in [1.29, 1.82) is 5.26 Å². The van der Waals surface area contributed by atoms with Crippen molar-refractivity contribution >= 4 is 26.6 Å². The van der Waals surface area contributed by atoms with Crippen LogP contribution < -0.4 is 10.5 Å². The molecule has 0 bridgehead atoms. The number of pyridine rings is 1. The molecule has 2 unspecified atom stereocenters. The number of hydrogen-bond acceptors (Lipinski definition) is 6. The highest BCUT2D eigenvalue weighted by Gasteiger charge is 2.60. The van der Waals surface area contributed by atoms with Gasteiger partial charge in [-0.2, -0.15) is 5.26 Å². The first-order valence-corrected chi connectivity index (χ1v) is 12.1. The number of aromatic nitrogens is 1. The lowest BCUT2D eigenvalue weighted by molar-refractivity contribution is 0.160. The molecule has 2 heterocycles. The summed E-state index contributed by atoms with van der Waals surface area (Å²) in [4.78, 5) is 4.77. The maximum atomic E-state index is 12.0. The van der Waals surface area contributed by atoms with E-state index in [0.29, 0.717) is 23.9 Å². The summed E-state index contributed by atoms with van der Waals surface area (Å²) in [6, 6.07) is 14.8. The lowest BCUT2D eigenvalue weighted by Crippen LogP contribution is -2.17. The number of sulfonamides is 1. The van der Waals surface area contributed by atoms with Gasteiger partial charge in [-0.05, 0) is 67.1 Å². The van der Waals surface area contributed by atoms with E-state index in [1.807, 2.05) is 19.9 Å². The van der Waals surface area contributed by atoms with Crippen LogP contribution in [0.15, 0.2) is 47.4 Å². The van der Waals surface area contributed by atoms with Gasteiger partial charge in [-0.15, -0.1) is 0 Å². The standard InChI is InChI=1S/C24H24N4O3S/c1-14-7-17(15(2)27-20-5-3-4-6-23(20)32(26,29)30)18-9-19(22(11-25)28-21(18)8-14)24-10-16(24)12-31-13-24/h3-9,15-16,27H,10,12-13H2,1-2H3,(H2,26,29,30)/t15-,16?,24?/m1/s1. The second-order valence-electron chi connectivity index (χ2n) is 8.90. The molecule has 3 N–H and O–H groups in total. The van der Waals surface area contributed by atoms with Gasteiger partial charge in [0.05, 0.1) is 24.4 Å². The molecule has 8 heteroatoms. The van der Waals surface area contributed by atoms with E-state index in [2.05, 4.69) is 23.5 Å². The van der Waals surface area contributed by atoms with Gasteiger partial charge in [-0.25, -0.2) is 18.5 Å². The lowest BCUT2D eigenvalue weighted by Gasteiger charge is -2.21. The molecule has 1 aliphatic heterocycles. The van der Waals surface area contributed by atoms with E-state index in [1.165, 1.54) is 6.07 Å². The van der Waals surface area contributed by atoms with Crippen molar-refractivity contribution in [2.45, 2.75) is 36.6 Å². The molecule has 5 rings (SSSR count). The molecule has 2 aliphatic rings. The summed E-state index contributed by atoms with van der Waals surface area (Å²) in [7, 11) is -3.87. The van der Waals surface area contributed by atoms with E-state index < -0.39 is 10.0 Å². The number of anilines is 1. The minimum Gasteiger partial charge on any atom is -0.380 e. The molecule has 3 aromatic rings. The number of fused-ring (bicyclic) bond motifs is 2. The van der Waals surface area contributed by atoms with Crippen LogP contribution in [0.4, 0.5) is 5.69 Å². The first-order chi connectivity index (χ1) is 15.2. The summed E-state index contributed by atoms with van der Waals surface area (Å²) in [6.45, 7) is 5.31. The highest BCUT2D eigenvalue weighted by molar-refractivity contribution is 7.89. The molecule has 0 spiro atoms. The largest absolute Gasteiger partial charge is 0.380 e. The van der Waals surface area contributed by atoms with Crippen LogP contribution in [0.25, 0.3) is 10.9 Å². The molecule has 2 fully saturated rings. The number of nitrogens with zero attached hydrogens (tertiary/aromatic N) is 2. The summed E-state index contributed by atoms with van der Waals surface area (Å²) < 4.78 is 29.7. The number of ether oxygens (including phenoxy) is 1. The third-order valence-electron chi connectivity index (χ3n) is 6.70. The highest BCUT2D eigenvalue weighted by atomic mass is 32.2. The quantitative estimate of drug-likeness (QED) is 0.616. The van der Waals surface area contributed by atoms with Gasteiger partial charge in [0.15, 0.2) is 0 Å². The smallest absolute Gasteiger partial charge is 0.240 e. The third-order valence-corrected chi connectivity index (χ3v) is 7.66. The number of para-hydroxylation sites is 1. The lowest BCUT2D eigenvalue weighted by atomic mass is 9.90. The number of primary sulfonamides is 1. The Morgan fingerprint density at radius 3 is 2.75 bits per heavy atom. The molecular weight excluding hydrogens is 424 g/mol. The van der Waals surface area contributed by atoms with Crippen LogP contribution in [0.3, 0.4) is 0 Å². The number of hydrogen-bond donors (Lipinski definition) is 2. The molecular formula is C24H24N4O3S. The minimum atomic E-state index is -3.87. The third kappa shape index (κ3) is 3.34. The topological polar surface area (TPSA) is 118 Å². The normalized spacial score (nSPS) is 22.9. The molecule has 164 valence electrons. The maximum Gasteiger partial charge on any atom is 0.240 e. The Balaban J connectivity index is 1.62. The van der Waals surface area contributed by atoms with Crippen LogP contribution in [0, 0.1) is 24.2 Å². The molecule has 1 aliphatic carbocycles. The first kappa shape index (κ1) is 20.9. The number of nitrogens with one attached hydrogen (secondary N) is 1. The van der Waals surface area contributed by atoms with E-state index in [-0.39, 0.29) is 16.4 Å². The van der Waals surface area contributed by atoms with Gasteiger partial charge < -0.3 is 10.1 Å². The van der Waals surface area contributed by atoms with Crippen molar-refractivity contribution in [3.63, 3.8) is 0 Å². The van der Waals surface area contributed by atoms with Crippen LogP contribution in [0.2, 0.25) is 0 Å². The highest BCUT2D eigenvalue weighted by Crippen LogP contribution is 2.59. The minimum absolute atomic E-state index is 0.0530. The summed E-state index contributed by atoms with van der Waals surface area (Å²) in [5.74, 6) is 0.444. The van der Waals surface area contributed by atoms with Crippen LogP contribution in [-0.2, 0) is 20.2 Å². The number of nitriles is 1. The van der Waals surface area contributed by atoms with Crippen molar-refractivity contribution in [2.24, 2.45) is 11.1 Å². The molecule has 7 nitrogen and oxygen atoms in total. The Bertz CT molecular complexity index is 1400. The van der Waals surface area contributed by atoms with Crippen molar-refractivity contribution in [3.05, 3.63) is 64.8 Å². The van der Waals surface area contributed by atoms with Crippen LogP contribution in [-0.4, -0.2) is 26.6 Å². The SMILES string of the molecule is Cc1cc([C@@H](C)Nc2ccccc2S(N)(=O)=O)c2cc(C34COCC3C4)c(C#N)nc2c1. The predicted molar refractivity (Wildman–Crippen MR) is 122 cm³/mol. The zero-order chi connectivity index (χ0) is 22.7. The fourth-order valence-electron chi connectivity index (χ4n) is 4.98. The molecule has 1 saturated carbocycles. The predicted octanol–water partition coefficient (Wildman–Crippen LogP) is 3.52. The van der Waals surface area contributed by atoms with Crippen molar-refractivity contribution < 1.29 is 13.2 Å². The van der Waals surface area contributed by atoms with Crippen LogP contribution in [0.1, 0.15) is 41.8 Å². The summed E-state index contributed by atoms with van der Waals surface area (Å²) >= 11 is 0. The number of nitrogens with two attached hydrogens (primary N) is 1. The number of aryl methyl sites for hydroxylation is 1. The summed E-state index contributed by atoms with van der Waals surface area (Å²) in [6.07, 6.45) is 1.02. The summed E-state index contributed by atoms with van der Waals surface area (Å²) in [5.41, 5.74) is 4.50. The Morgan fingerprint density at radius 1 is 1.31 bits per heavy atom. The number of rotatable bonds is 5. The van der Waals surface area contributed by atoms with E-state index in [1.54, 1.807) is 18.2 Å². The Labute approximate surface area is 187 Å². The molecule has 3 atom stereocenters. The Kier molecular flexibility index (Phi) is 4.75. The van der Waals surface area contributed by atoms with Gasteiger partial charge in [-0.1, -0.05) is 18.2 Å². The molecule has 2 aromatic carbocycles. The first-order valence-electron chi connectivity index (χ1n) is 10.5. The van der Waals surface area contributed by atoms with Gasteiger partial charge in [-0.3, -0.25) is 0 Å². The van der Waals surface area contributed by atoms with Crippen molar-refractivity contribution in [2.75, 3.05) is 18.5 Å². The number of benzene rings is 2. The van der Waals surface area contributed by atoms with E-state index in [0.717, 1.165) is 40.6 Å². The van der Waals surface area contributed by atoms with Crippen LogP contribution in [0.5, 0.6) is 0 Å². The maximum absolute atomic E-state index is 12.0. The average Bonchev–Trinajstić information content (AvgIpc) is 3.31. The second-order valence-corrected chi connectivity index (χ2v) is 10.4. The van der Waals surface area contributed by atoms with E-state index >= 15 is 0 Å². The second kappa shape index (κ2) is 7.27. The summed E-state index contributed by atoms with van der Waals surface area (Å²) in [5, 5.41) is 19.5. The molecule has 0 amide bonds. The van der Waals surface area contributed by atoms with E-state index in [9.17, 15) is 13.7 Å². The average molecular weight is 449 g/mol. The van der Waals surface area contributed by atoms with Gasteiger partial charge >= 0.3 is 0 Å². The Hall–Kier alpha value is -2.99. The Morgan fingerprint density at radius 2 is 2.09 bits per heavy atom. The van der Waals surface area contributed by atoms with Gasteiger partial charge in [0.2, 0.25) is 10.0 Å². The molecule has 32 heavy (non-hydrogen) atoms. The zero-order valence-electron chi connectivity index (χ0n) is 17.9. The van der Waals surface area contributed by atoms with Crippen molar-refractivity contribution in [1.82, 2.24) is 4.98 Å². The molecule has 0 radical (unpaired) electrons. The molecule has 1 saturated heterocycles. The molecule has 1 aromatic heterocycles. The zero-order valence-corrected chi connectivity index (χ0v) is 18.7. The fraction of sp³-hybridized carbons (Fsp3) is 0.333.